The number of hydrogen-bond acceptors (Lipinski definition) is 4. The van der Waals surface area contributed by atoms with Crippen LogP contribution in [0.1, 0.15) is 35.2 Å². The second kappa shape index (κ2) is 6.42. The molecule has 1 aromatic carbocycles. The van der Waals surface area contributed by atoms with Gasteiger partial charge in [0.15, 0.2) is 0 Å². The Morgan fingerprint density at radius 3 is 3.00 bits per heavy atom. The normalized spacial score (nSPS) is 17.9. The van der Waals surface area contributed by atoms with Crippen LogP contribution in [0, 0.1) is 0 Å². The van der Waals surface area contributed by atoms with Gasteiger partial charge in [-0.1, -0.05) is 18.2 Å². The Kier molecular flexibility index (Phi) is 4.14. The van der Waals surface area contributed by atoms with Crippen LogP contribution in [-0.4, -0.2) is 22.3 Å². The summed E-state index contributed by atoms with van der Waals surface area (Å²) in [5.74, 6) is 0.264. The van der Waals surface area contributed by atoms with Crippen LogP contribution in [0.4, 0.5) is 0 Å². The van der Waals surface area contributed by atoms with Crippen LogP contribution in [0.25, 0.3) is 10.2 Å². The molecule has 1 aliphatic heterocycles. The van der Waals surface area contributed by atoms with Gasteiger partial charge in [0.1, 0.15) is 5.01 Å². The molecule has 3 heterocycles. The van der Waals surface area contributed by atoms with Gasteiger partial charge >= 0.3 is 0 Å². The Labute approximate surface area is 143 Å². The highest BCUT2D eigenvalue weighted by molar-refractivity contribution is 7.18. The van der Waals surface area contributed by atoms with Crippen molar-refractivity contribution in [3.05, 3.63) is 51.7 Å². The molecule has 4 rings (SSSR count). The van der Waals surface area contributed by atoms with E-state index in [0.29, 0.717) is 6.42 Å². The third kappa shape index (κ3) is 3.03. The molecule has 3 nitrogen and oxygen atoms in total. The second-order valence-corrected chi connectivity index (χ2v) is 7.94. The van der Waals surface area contributed by atoms with Gasteiger partial charge in [0, 0.05) is 17.8 Å². The number of aromatic nitrogens is 1. The van der Waals surface area contributed by atoms with E-state index < -0.39 is 0 Å². The molecule has 2 aromatic heterocycles. The van der Waals surface area contributed by atoms with Crippen molar-refractivity contribution >= 4 is 38.8 Å². The lowest BCUT2D eigenvalue weighted by molar-refractivity contribution is -0.132. The summed E-state index contributed by atoms with van der Waals surface area (Å²) in [6.07, 6.45) is 3.55. The number of nitrogens with zero attached hydrogens (tertiary/aromatic N) is 2. The molecule has 23 heavy (non-hydrogen) atoms. The molecule has 0 spiro atoms. The van der Waals surface area contributed by atoms with Crippen molar-refractivity contribution in [1.82, 2.24) is 9.88 Å². The van der Waals surface area contributed by atoms with E-state index in [1.165, 1.54) is 9.58 Å². The molecule has 5 heteroatoms. The van der Waals surface area contributed by atoms with E-state index in [1.807, 2.05) is 29.2 Å². The Hall–Kier alpha value is -1.72. The van der Waals surface area contributed by atoms with Crippen LogP contribution in [0.3, 0.4) is 0 Å². The average Bonchev–Trinajstić information content (AvgIpc) is 3.31. The molecule has 1 saturated heterocycles. The van der Waals surface area contributed by atoms with Gasteiger partial charge in [-0.3, -0.25) is 4.79 Å². The zero-order chi connectivity index (χ0) is 15.6. The maximum Gasteiger partial charge on any atom is 0.223 e. The summed E-state index contributed by atoms with van der Waals surface area (Å²) >= 11 is 3.46. The molecule has 3 aromatic rings. The fourth-order valence-electron chi connectivity index (χ4n) is 3.18. The van der Waals surface area contributed by atoms with E-state index in [1.54, 1.807) is 22.7 Å². The van der Waals surface area contributed by atoms with Gasteiger partial charge in [-0.15, -0.1) is 22.7 Å². The molecule has 1 unspecified atom stereocenters. The number of carbonyl (C=O) groups excluding carboxylic acids is 1. The predicted octanol–water partition coefficient (Wildman–Crippen LogP) is 4.65. The quantitative estimate of drug-likeness (QED) is 0.691. The maximum absolute atomic E-state index is 12.6. The van der Waals surface area contributed by atoms with Crippen LogP contribution < -0.4 is 0 Å². The largest absolute Gasteiger partial charge is 0.333 e. The lowest BCUT2D eigenvalue weighted by Crippen LogP contribution is -2.30. The molecule has 0 bridgehead atoms. The first-order valence-electron chi connectivity index (χ1n) is 7.98. The van der Waals surface area contributed by atoms with Gasteiger partial charge in [0.05, 0.1) is 16.3 Å². The first-order valence-corrected chi connectivity index (χ1v) is 9.68. The molecular weight excluding hydrogens is 324 g/mol. The number of benzene rings is 1. The van der Waals surface area contributed by atoms with Crippen molar-refractivity contribution in [1.29, 1.82) is 0 Å². The van der Waals surface area contributed by atoms with Crippen LogP contribution in [0.2, 0.25) is 0 Å². The summed E-state index contributed by atoms with van der Waals surface area (Å²) in [7, 11) is 0. The molecular formula is C18H18N2OS2. The summed E-state index contributed by atoms with van der Waals surface area (Å²) in [5.41, 5.74) is 1.05. The minimum absolute atomic E-state index is 0.170. The molecule has 0 saturated carbocycles. The first-order chi connectivity index (χ1) is 11.3. The lowest BCUT2D eigenvalue weighted by Gasteiger charge is -2.23. The lowest BCUT2D eigenvalue weighted by atomic mass is 10.2. The smallest absolute Gasteiger partial charge is 0.223 e. The molecule has 0 aliphatic carbocycles. The van der Waals surface area contributed by atoms with Gasteiger partial charge in [-0.2, -0.15) is 0 Å². The standard InChI is InChI=1S/C18H18N2OS2/c21-17(10-9-13-5-4-12-22-13)20-11-3-7-15(20)18-19-14-6-1-2-8-16(14)23-18/h1-2,4-6,8,12,15H,3,7,9-11H2. The molecule has 118 valence electrons. The minimum Gasteiger partial charge on any atom is -0.333 e. The van der Waals surface area contributed by atoms with Crippen molar-refractivity contribution in [2.24, 2.45) is 0 Å². The van der Waals surface area contributed by atoms with Crippen molar-refractivity contribution in [2.45, 2.75) is 31.7 Å². The van der Waals surface area contributed by atoms with E-state index in [0.717, 1.165) is 36.3 Å². The summed E-state index contributed by atoms with van der Waals surface area (Å²) < 4.78 is 1.21. The minimum atomic E-state index is 0.170. The molecule has 1 aliphatic rings. The predicted molar refractivity (Wildman–Crippen MR) is 95.9 cm³/mol. The number of likely N-dealkylation sites (tertiary alicyclic amines) is 1. The molecule has 0 radical (unpaired) electrons. The number of rotatable bonds is 4. The number of para-hydroxylation sites is 1. The van der Waals surface area contributed by atoms with E-state index in [4.69, 9.17) is 4.98 Å². The van der Waals surface area contributed by atoms with E-state index in [2.05, 4.69) is 17.5 Å². The fourth-order valence-corrected chi connectivity index (χ4v) is 5.01. The maximum atomic E-state index is 12.6. The molecule has 0 N–H and O–H groups in total. The average molecular weight is 342 g/mol. The van der Waals surface area contributed by atoms with Crippen molar-refractivity contribution in [3.8, 4) is 0 Å². The van der Waals surface area contributed by atoms with Crippen molar-refractivity contribution < 1.29 is 4.79 Å². The Bertz CT molecular complexity index is 776. The number of carbonyl (C=O) groups is 1. The Balaban J connectivity index is 1.50. The summed E-state index contributed by atoms with van der Waals surface area (Å²) in [5, 5.41) is 3.16. The number of fused-ring (bicyclic) bond motifs is 1. The highest BCUT2D eigenvalue weighted by atomic mass is 32.1. The van der Waals surface area contributed by atoms with Gasteiger partial charge in [-0.25, -0.2) is 4.98 Å². The highest BCUT2D eigenvalue weighted by Crippen LogP contribution is 2.36. The van der Waals surface area contributed by atoms with E-state index in [9.17, 15) is 4.79 Å². The van der Waals surface area contributed by atoms with Crippen molar-refractivity contribution in [2.75, 3.05) is 6.54 Å². The van der Waals surface area contributed by atoms with Gasteiger partial charge < -0.3 is 4.90 Å². The van der Waals surface area contributed by atoms with Crippen LogP contribution >= 0.6 is 22.7 Å². The summed E-state index contributed by atoms with van der Waals surface area (Å²) in [6.45, 7) is 0.865. The Morgan fingerprint density at radius 2 is 2.17 bits per heavy atom. The molecule has 1 fully saturated rings. The number of amides is 1. The van der Waals surface area contributed by atoms with E-state index >= 15 is 0 Å². The monoisotopic (exact) mass is 342 g/mol. The first kappa shape index (κ1) is 14.8. The second-order valence-electron chi connectivity index (χ2n) is 5.84. The van der Waals surface area contributed by atoms with Crippen LogP contribution in [0.15, 0.2) is 41.8 Å². The molecule has 1 atom stereocenters. The topological polar surface area (TPSA) is 33.2 Å². The van der Waals surface area contributed by atoms with Gasteiger partial charge in [0.2, 0.25) is 5.91 Å². The van der Waals surface area contributed by atoms with Crippen molar-refractivity contribution in [3.63, 3.8) is 0 Å². The number of aryl methyl sites for hydroxylation is 1. The number of hydrogen-bond donors (Lipinski definition) is 0. The van der Waals surface area contributed by atoms with Gasteiger partial charge in [0.25, 0.3) is 0 Å². The third-order valence-electron chi connectivity index (χ3n) is 4.33. The molecule has 1 amide bonds. The highest BCUT2D eigenvalue weighted by Gasteiger charge is 2.31. The zero-order valence-corrected chi connectivity index (χ0v) is 14.4. The summed E-state index contributed by atoms with van der Waals surface area (Å²) in [6, 6.07) is 12.5. The summed E-state index contributed by atoms with van der Waals surface area (Å²) in [4.78, 5) is 20.7. The number of thiazole rings is 1. The SMILES string of the molecule is O=C(CCc1cccs1)N1CCCC1c1nc2ccccc2s1. The number of thiophene rings is 1. The third-order valence-corrected chi connectivity index (χ3v) is 6.41. The van der Waals surface area contributed by atoms with Crippen LogP contribution in [0.5, 0.6) is 0 Å². The zero-order valence-electron chi connectivity index (χ0n) is 12.8. The Morgan fingerprint density at radius 1 is 1.26 bits per heavy atom. The van der Waals surface area contributed by atoms with Crippen LogP contribution in [-0.2, 0) is 11.2 Å². The van der Waals surface area contributed by atoms with E-state index in [-0.39, 0.29) is 11.9 Å². The van der Waals surface area contributed by atoms with Gasteiger partial charge in [-0.05, 0) is 42.8 Å². The fraction of sp³-hybridized carbons (Fsp3) is 0.333.